The summed E-state index contributed by atoms with van der Waals surface area (Å²) in [5.41, 5.74) is 5.98. The number of aromatic hydroxyl groups is 1. The number of nitrogens with zero attached hydrogens (tertiary/aromatic N) is 3. The molecule has 208 valence electrons. The van der Waals surface area contributed by atoms with Crippen molar-refractivity contribution in [1.82, 2.24) is 15.0 Å². The van der Waals surface area contributed by atoms with Gasteiger partial charge >= 0.3 is 6.01 Å². The fraction of sp³-hybridized carbons (Fsp3) is 0.0789. The van der Waals surface area contributed by atoms with Crippen molar-refractivity contribution in [2.45, 2.75) is 20.0 Å². The van der Waals surface area contributed by atoms with Crippen LogP contribution in [0.15, 0.2) is 127 Å². The van der Waals surface area contributed by atoms with Crippen molar-refractivity contribution in [1.29, 1.82) is 0 Å². The van der Waals surface area contributed by atoms with Crippen molar-refractivity contribution in [2.75, 3.05) is 0 Å². The highest BCUT2D eigenvalue weighted by Crippen LogP contribution is 2.44. The van der Waals surface area contributed by atoms with Gasteiger partial charge in [0.15, 0.2) is 11.6 Å². The number of benzene rings is 6. The largest absolute Gasteiger partial charge is 0.507 e. The van der Waals surface area contributed by atoms with Crippen molar-refractivity contribution in [2.24, 2.45) is 0 Å². The molecule has 1 heterocycles. The minimum Gasteiger partial charge on any atom is -0.507 e. The smallest absolute Gasteiger partial charge is 0.320 e. The number of fused-ring (bicyclic) bond motifs is 2. The number of phenols is 1. The van der Waals surface area contributed by atoms with Crippen molar-refractivity contribution in [3.63, 3.8) is 0 Å². The van der Waals surface area contributed by atoms with E-state index >= 15 is 0 Å². The van der Waals surface area contributed by atoms with Crippen LogP contribution in [0.1, 0.15) is 13.8 Å². The van der Waals surface area contributed by atoms with E-state index in [4.69, 9.17) is 14.7 Å². The van der Waals surface area contributed by atoms with Crippen molar-refractivity contribution in [3.05, 3.63) is 127 Å². The number of aromatic nitrogens is 3. The van der Waals surface area contributed by atoms with Crippen LogP contribution in [0.25, 0.3) is 66.6 Å². The summed E-state index contributed by atoms with van der Waals surface area (Å²) in [5.74, 6) is 0.920. The predicted octanol–water partition coefficient (Wildman–Crippen LogP) is 9.34. The average Bonchev–Trinajstić information content (AvgIpc) is 3.04. The van der Waals surface area contributed by atoms with Gasteiger partial charge in [-0.3, -0.25) is 0 Å². The fourth-order valence-corrected chi connectivity index (χ4v) is 5.68. The number of hydrogen-bond acceptors (Lipinski definition) is 5. The first-order chi connectivity index (χ1) is 21.1. The maximum atomic E-state index is 10.6. The minimum atomic E-state index is -0.131. The predicted molar refractivity (Wildman–Crippen MR) is 174 cm³/mol. The second-order valence-corrected chi connectivity index (χ2v) is 10.7. The van der Waals surface area contributed by atoms with Gasteiger partial charge in [-0.2, -0.15) is 9.97 Å². The first-order valence-corrected chi connectivity index (χ1v) is 14.4. The molecule has 1 aromatic heterocycles. The van der Waals surface area contributed by atoms with E-state index in [1.807, 2.05) is 32.0 Å². The fourth-order valence-electron chi connectivity index (χ4n) is 5.68. The van der Waals surface area contributed by atoms with E-state index in [0.717, 1.165) is 33.0 Å². The molecule has 7 aromatic rings. The third-order valence-electron chi connectivity index (χ3n) is 7.51. The Labute approximate surface area is 250 Å². The molecule has 0 atom stereocenters. The second-order valence-electron chi connectivity index (χ2n) is 10.7. The van der Waals surface area contributed by atoms with Gasteiger partial charge in [0.2, 0.25) is 0 Å². The van der Waals surface area contributed by atoms with E-state index in [-0.39, 0.29) is 17.9 Å². The number of ether oxygens (including phenoxy) is 1. The third-order valence-corrected chi connectivity index (χ3v) is 7.51. The van der Waals surface area contributed by atoms with Crippen LogP contribution in [0.2, 0.25) is 0 Å². The Morgan fingerprint density at radius 1 is 0.512 bits per heavy atom. The number of rotatable bonds is 6. The molecule has 0 spiro atoms. The molecule has 0 aliphatic heterocycles. The summed E-state index contributed by atoms with van der Waals surface area (Å²) < 4.78 is 5.95. The molecule has 0 radical (unpaired) electrons. The highest BCUT2D eigenvalue weighted by atomic mass is 16.5. The molecule has 5 heteroatoms. The first-order valence-electron chi connectivity index (χ1n) is 14.4. The minimum absolute atomic E-state index is 0.0963. The normalized spacial score (nSPS) is 11.3. The summed E-state index contributed by atoms with van der Waals surface area (Å²) in [6, 6.07) is 43.3. The molecule has 0 aliphatic rings. The van der Waals surface area contributed by atoms with Gasteiger partial charge in [-0.1, -0.05) is 109 Å². The molecular weight excluding hydrogens is 530 g/mol. The zero-order chi connectivity index (χ0) is 29.3. The lowest BCUT2D eigenvalue weighted by molar-refractivity contribution is 0.222. The highest BCUT2D eigenvalue weighted by Gasteiger charge is 2.19. The van der Waals surface area contributed by atoms with E-state index in [1.54, 1.807) is 18.2 Å². The third kappa shape index (κ3) is 4.95. The molecule has 0 bridgehead atoms. The second kappa shape index (κ2) is 11.0. The topological polar surface area (TPSA) is 68.1 Å². The Bertz CT molecular complexity index is 2090. The SMILES string of the molecule is CC(C)Oc1nc(-c2ccc3c(-c4ccccc4)c4ccccc4c(-c4ccccc4)c3c2)nc(-c2ccccc2O)n1. The molecule has 7 rings (SSSR count). The first kappa shape index (κ1) is 26.4. The zero-order valence-corrected chi connectivity index (χ0v) is 23.9. The van der Waals surface area contributed by atoms with Gasteiger partial charge in [0, 0.05) is 5.56 Å². The van der Waals surface area contributed by atoms with Crippen LogP contribution in [0.4, 0.5) is 0 Å². The zero-order valence-electron chi connectivity index (χ0n) is 23.9. The summed E-state index contributed by atoms with van der Waals surface area (Å²) in [4.78, 5) is 14.1. The molecule has 0 saturated heterocycles. The monoisotopic (exact) mass is 559 g/mol. The summed E-state index contributed by atoms with van der Waals surface area (Å²) >= 11 is 0. The van der Waals surface area contributed by atoms with E-state index in [1.165, 1.54) is 16.3 Å². The molecule has 0 aliphatic carbocycles. The van der Waals surface area contributed by atoms with Gasteiger partial charge in [-0.25, -0.2) is 4.98 Å². The van der Waals surface area contributed by atoms with Gasteiger partial charge in [0.25, 0.3) is 0 Å². The molecule has 0 saturated carbocycles. The summed E-state index contributed by atoms with van der Waals surface area (Å²) in [6.07, 6.45) is -0.131. The molecule has 43 heavy (non-hydrogen) atoms. The lowest BCUT2D eigenvalue weighted by Crippen LogP contribution is -2.10. The number of para-hydroxylation sites is 1. The average molecular weight is 560 g/mol. The van der Waals surface area contributed by atoms with Crippen LogP contribution in [0, 0.1) is 0 Å². The summed E-state index contributed by atoms with van der Waals surface area (Å²) in [5, 5.41) is 15.2. The van der Waals surface area contributed by atoms with Crippen LogP contribution in [0.3, 0.4) is 0 Å². The van der Waals surface area contributed by atoms with Gasteiger partial charge < -0.3 is 9.84 Å². The molecular formula is C38H29N3O2. The van der Waals surface area contributed by atoms with Gasteiger partial charge in [-0.05, 0) is 75.8 Å². The van der Waals surface area contributed by atoms with Crippen molar-refractivity contribution < 1.29 is 9.84 Å². The molecule has 0 fully saturated rings. The van der Waals surface area contributed by atoms with Crippen LogP contribution >= 0.6 is 0 Å². The van der Waals surface area contributed by atoms with E-state index in [9.17, 15) is 5.11 Å². The molecule has 6 aromatic carbocycles. The molecule has 0 amide bonds. The van der Waals surface area contributed by atoms with Gasteiger partial charge in [0.05, 0.1) is 11.7 Å². The van der Waals surface area contributed by atoms with Gasteiger partial charge in [-0.15, -0.1) is 0 Å². The van der Waals surface area contributed by atoms with Crippen LogP contribution in [-0.4, -0.2) is 26.2 Å². The molecule has 0 unspecified atom stereocenters. The summed E-state index contributed by atoms with van der Waals surface area (Å²) in [7, 11) is 0. The Morgan fingerprint density at radius 3 is 1.67 bits per heavy atom. The Kier molecular flexibility index (Phi) is 6.76. The number of hydrogen-bond donors (Lipinski definition) is 1. The lowest BCUT2D eigenvalue weighted by atomic mass is 9.85. The maximum Gasteiger partial charge on any atom is 0.320 e. The van der Waals surface area contributed by atoms with Gasteiger partial charge in [0.1, 0.15) is 5.75 Å². The quantitative estimate of drug-likeness (QED) is 0.206. The van der Waals surface area contributed by atoms with Crippen LogP contribution in [-0.2, 0) is 0 Å². The maximum absolute atomic E-state index is 10.6. The highest BCUT2D eigenvalue weighted by molar-refractivity contribution is 6.21. The van der Waals surface area contributed by atoms with Crippen LogP contribution < -0.4 is 4.74 Å². The van der Waals surface area contributed by atoms with Crippen molar-refractivity contribution in [3.8, 4) is 56.8 Å². The number of phenolic OH excluding ortho intramolecular Hbond substituents is 1. The van der Waals surface area contributed by atoms with E-state index in [2.05, 4.69) is 96.0 Å². The van der Waals surface area contributed by atoms with E-state index in [0.29, 0.717) is 17.2 Å². The van der Waals surface area contributed by atoms with E-state index < -0.39 is 0 Å². The molecule has 5 nitrogen and oxygen atoms in total. The van der Waals surface area contributed by atoms with Crippen LogP contribution in [0.5, 0.6) is 11.8 Å². The Balaban J connectivity index is 1.54. The standard InChI is InChI=1S/C38H29N3O2/c1-24(2)43-38-40-36(39-37(41-38)31-19-11-12-20-33(31)42)27-21-22-30-32(23-27)35(26-15-7-4-8-16-26)29-18-10-9-17-28(29)34(30)25-13-5-3-6-14-25/h3-24,42H,1-2H3. The Hall–Kier alpha value is -5.55. The lowest BCUT2D eigenvalue weighted by Gasteiger charge is -2.18. The summed E-state index contributed by atoms with van der Waals surface area (Å²) in [6.45, 7) is 3.86. The van der Waals surface area contributed by atoms with Crippen molar-refractivity contribution >= 4 is 21.5 Å². The molecule has 1 N–H and O–H groups in total. The Morgan fingerprint density at radius 2 is 1.05 bits per heavy atom.